The lowest BCUT2D eigenvalue weighted by Crippen LogP contribution is -2.41. The maximum Gasteiger partial charge on any atom is 0.416 e. The van der Waals surface area contributed by atoms with E-state index in [1.54, 1.807) is 20.8 Å². The van der Waals surface area contributed by atoms with E-state index in [-0.39, 0.29) is 11.7 Å². The van der Waals surface area contributed by atoms with E-state index < -0.39 is 23.0 Å². The van der Waals surface area contributed by atoms with Crippen LogP contribution in [0.15, 0.2) is 40.1 Å². The number of hydrogen-bond acceptors (Lipinski definition) is 2. The van der Waals surface area contributed by atoms with Crippen molar-refractivity contribution in [3.8, 4) is 5.69 Å². The molecule has 0 N–H and O–H groups in total. The van der Waals surface area contributed by atoms with Crippen LogP contribution in [0.4, 0.5) is 13.2 Å². The smallest absolute Gasteiger partial charge is 0.269 e. The van der Waals surface area contributed by atoms with Crippen molar-refractivity contribution in [1.82, 2.24) is 9.13 Å². The number of hydrogen-bond donors (Lipinski definition) is 0. The molecule has 2 aromatic rings. The van der Waals surface area contributed by atoms with Gasteiger partial charge in [0.2, 0.25) is 0 Å². The third kappa shape index (κ3) is 2.84. The molecule has 0 aliphatic carbocycles. The molecule has 0 aliphatic heterocycles. The predicted molar refractivity (Wildman–Crippen MR) is 76.4 cm³/mol. The Balaban J connectivity index is 2.64. The monoisotopic (exact) mass is 312 g/mol. The molecule has 0 unspecified atom stereocenters. The van der Waals surface area contributed by atoms with Crippen LogP contribution >= 0.6 is 0 Å². The summed E-state index contributed by atoms with van der Waals surface area (Å²) in [7, 11) is 0. The van der Waals surface area contributed by atoms with Gasteiger partial charge in [0, 0.05) is 17.8 Å². The van der Waals surface area contributed by atoms with Crippen LogP contribution in [0, 0.1) is 6.92 Å². The summed E-state index contributed by atoms with van der Waals surface area (Å²) < 4.78 is 40.0. The Bertz CT molecular complexity index is 800. The van der Waals surface area contributed by atoms with E-state index in [1.165, 1.54) is 22.9 Å². The lowest BCUT2D eigenvalue weighted by molar-refractivity contribution is -0.137. The molecule has 0 aliphatic rings. The summed E-state index contributed by atoms with van der Waals surface area (Å²) in [4.78, 5) is 24.4. The zero-order chi connectivity index (χ0) is 16.7. The van der Waals surface area contributed by atoms with Crippen molar-refractivity contribution in [3.05, 3.63) is 62.4 Å². The van der Waals surface area contributed by atoms with Crippen LogP contribution in [-0.2, 0) is 6.18 Å². The summed E-state index contributed by atoms with van der Waals surface area (Å²) >= 11 is 0. The van der Waals surface area contributed by atoms with Gasteiger partial charge in [0.15, 0.2) is 0 Å². The summed E-state index contributed by atoms with van der Waals surface area (Å²) in [6.07, 6.45) is -3.09. The topological polar surface area (TPSA) is 44.0 Å². The highest BCUT2D eigenvalue weighted by Gasteiger charge is 2.30. The second-order valence-corrected chi connectivity index (χ2v) is 5.28. The fourth-order valence-corrected chi connectivity index (χ4v) is 2.15. The minimum atomic E-state index is -4.43. The third-order valence-electron chi connectivity index (χ3n) is 3.28. The molecular weight excluding hydrogens is 297 g/mol. The average molecular weight is 312 g/mol. The van der Waals surface area contributed by atoms with E-state index in [9.17, 15) is 22.8 Å². The maximum atomic E-state index is 12.6. The molecule has 118 valence electrons. The molecular formula is C15H15F3N2O2. The minimum absolute atomic E-state index is 0.274. The van der Waals surface area contributed by atoms with Gasteiger partial charge < -0.3 is 0 Å². The van der Waals surface area contributed by atoms with Crippen LogP contribution in [0.2, 0.25) is 0 Å². The highest BCUT2D eigenvalue weighted by molar-refractivity contribution is 5.36. The molecule has 0 amide bonds. The normalized spacial score (nSPS) is 12.0. The summed E-state index contributed by atoms with van der Waals surface area (Å²) in [6, 6.07) is 3.88. The molecule has 4 nitrogen and oxygen atoms in total. The Labute approximate surface area is 124 Å². The maximum absolute atomic E-state index is 12.6. The second kappa shape index (κ2) is 5.47. The SMILES string of the molecule is Cc1cn(-c2ccc(C(F)(F)F)cc2)c(=O)n(C(C)C)c1=O. The number of rotatable bonds is 2. The predicted octanol–water partition coefficient (Wildman–Crippen LogP) is 2.91. The highest BCUT2D eigenvalue weighted by atomic mass is 19.4. The molecule has 7 heteroatoms. The zero-order valence-electron chi connectivity index (χ0n) is 12.3. The zero-order valence-corrected chi connectivity index (χ0v) is 12.3. The van der Waals surface area contributed by atoms with Gasteiger partial charge in [-0.05, 0) is 45.0 Å². The van der Waals surface area contributed by atoms with Crippen molar-refractivity contribution in [2.75, 3.05) is 0 Å². The van der Waals surface area contributed by atoms with Gasteiger partial charge in [0.05, 0.1) is 11.3 Å². The Hall–Kier alpha value is -2.31. The van der Waals surface area contributed by atoms with Crippen molar-refractivity contribution < 1.29 is 13.2 Å². The lowest BCUT2D eigenvalue weighted by Gasteiger charge is -2.14. The van der Waals surface area contributed by atoms with Gasteiger partial charge in [0.25, 0.3) is 5.56 Å². The van der Waals surface area contributed by atoms with E-state index in [1.807, 2.05) is 0 Å². The number of aromatic nitrogens is 2. The van der Waals surface area contributed by atoms with Gasteiger partial charge in [0.1, 0.15) is 0 Å². The third-order valence-corrected chi connectivity index (χ3v) is 3.28. The molecule has 1 aromatic heterocycles. The summed E-state index contributed by atoms with van der Waals surface area (Å²) in [5, 5.41) is 0. The van der Waals surface area contributed by atoms with Crippen molar-refractivity contribution in [1.29, 1.82) is 0 Å². The molecule has 2 rings (SSSR count). The van der Waals surface area contributed by atoms with Crippen molar-refractivity contribution in [2.24, 2.45) is 0 Å². The van der Waals surface area contributed by atoms with Crippen molar-refractivity contribution in [2.45, 2.75) is 33.0 Å². The quantitative estimate of drug-likeness (QED) is 0.856. The van der Waals surface area contributed by atoms with Gasteiger partial charge >= 0.3 is 11.9 Å². The number of alkyl halides is 3. The van der Waals surface area contributed by atoms with Crippen LogP contribution in [-0.4, -0.2) is 9.13 Å². The van der Waals surface area contributed by atoms with E-state index in [0.29, 0.717) is 5.56 Å². The first kappa shape index (κ1) is 16.1. The van der Waals surface area contributed by atoms with Gasteiger partial charge in [-0.2, -0.15) is 13.2 Å². The summed E-state index contributed by atoms with van der Waals surface area (Å²) in [5.74, 6) is 0. The number of aryl methyl sites for hydroxylation is 1. The standard InChI is InChI=1S/C15H15F3N2O2/c1-9(2)20-13(21)10(3)8-19(14(20)22)12-6-4-11(5-7-12)15(16,17)18/h4-9H,1-3H3. The van der Waals surface area contributed by atoms with Crippen molar-refractivity contribution in [3.63, 3.8) is 0 Å². The van der Waals surface area contributed by atoms with Gasteiger partial charge in [-0.3, -0.25) is 13.9 Å². The Morgan fingerprint density at radius 2 is 1.59 bits per heavy atom. The molecule has 0 saturated carbocycles. The molecule has 1 heterocycles. The fourth-order valence-electron chi connectivity index (χ4n) is 2.15. The number of nitrogens with zero attached hydrogens (tertiary/aromatic N) is 2. The summed E-state index contributed by atoms with van der Waals surface area (Å²) in [6.45, 7) is 4.94. The minimum Gasteiger partial charge on any atom is -0.269 e. The van der Waals surface area contributed by atoms with E-state index in [2.05, 4.69) is 0 Å². The molecule has 0 saturated heterocycles. The Kier molecular flexibility index (Phi) is 4.00. The molecule has 0 fully saturated rings. The summed E-state index contributed by atoms with van der Waals surface area (Å²) in [5.41, 5.74) is -1.16. The van der Waals surface area contributed by atoms with Gasteiger partial charge in [-0.15, -0.1) is 0 Å². The lowest BCUT2D eigenvalue weighted by atomic mass is 10.2. The van der Waals surface area contributed by atoms with Crippen LogP contribution in [0.25, 0.3) is 5.69 Å². The van der Waals surface area contributed by atoms with E-state index >= 15 is 0 Å². The van der Waals surface area contributed by atoms with Crippen LogP contribution < -0.4 is 11.2 Å². The number of benzene rings is 1. The van der Waals surface area contributed by atoms with E-state index in [4.69, 9.17) is 0 Å². The molecule has 0 atom stereocenters. The largest absolute Gasteiger partial charge is 0.416 e. The first-order chi connectivity index (χ1) is 10.1. The highest BCUT2D eigenvalue weighted by Crippen LogP contribution is 2.29. The van der Waals surface area contributed by atoms with Crippen LogP contribution in [0.5, 0.6) is 0 Å². The molecule has 1 aromatic carbocycles. The number of halogens is 3. The molecule has 22 heavy (non-hydrogen) atoms. The van der Waals surface area contributed by atoms with E-state index in [0.717, 1.165) is 16.7 Å². The molecule has 0 spiro atoms. The first-order valence-corrected chi connectivity index (χ1v) is 6.65. The first-order valence-electron chi connectivity index (χ1n) is 6.65. The van der Waals surface area contributed by atoms with Crippen LogP contribution in [0.1, 0.15) is 31.0 Å². The molecule has 0 bridgehead atoms. The van der Waals surface area contributed by atoms with Crippen molar-refractivity contribution >= 4 is 0 Å². The van der Waals surface area contributed by atoms with Crippen LogP contribution in [0.3, 0.4) is 0 Å². The van der Waals surface area contributed by atoms with Gasteiger partial charge in [-0.1, -0.05) is 0 Å². The fraction of sp³-hybridized carbons (Fsp3) is 0.333. The van der Waals surface area contributed by atoms with Gasteiger partial charge in [-0.25, -0.2) is 4.79 Å². The Morgan fingerprint density at radius 3 is 2.05 bits per heavy atom. The second-order valence-electron chi connectivity index (χ2n) is 5.28. The Morgan fingerprint density at radius 1 is 1.05 bits per heavy atom. The molecule has 0 radical (unpaired) electrons. The average Bonchev–Trinajstić information content (AvgIpc) is 2.42.